The summed E-state index contributed by atoms with van der Waals surface area (Å²) in [4.78, 5) is 4.00. The van der Waals surface area contributed by atoms with Gasteiger partial charge in [-0.2, -0.15) is 5.10 Å². The lowest BCUT2D eigenvalue weighted by Crippen LogP contribution is -2.07. The summed E-state index contributed by atoms with van der Waals surface area (Å²) in [6.07, 6.45) is 0.697. The van der Waals surface area contributed by atoms with Crippen LogP contribution in [-0.2, 0) is 7.05 Å². The van der Waals surface area contributed by atoms with E-state index in [0.717, 1.165) is 10.0 Å². The molecule has 1 atom stereocenters. The maximum atomic E-state index is 10.0. The fraction of sp³-hybridized carbons (Fsp3) is 0.200. The van der Waals surface area contributed by atoms with Gasteiger partial charge in [-0.05, 0) is 17.7 Å². The van der Waals surface area contributed by atoms with E-state index in [1.165, 1.54) is 6.33 Å². The van der Waals surface area contributed by atoms with Crippen LogP contribution < -0.4 is 0 Å². The fourth-order valence-electron chi connectivity index (χ4n) is 1.35. The second-order valence-electron chi connectivity index (χ2n) is 3.20. The first kappa shape index (κ1) is 10.3. The highest BCUT2D eigenvalue weighted by atomic mass is 79.9. The first-order chi connectivity index (χ1) is 7.18. The van der Waals surface area contributed by atoms with Crippen LogP contribution in [0.4, 0.5) is 0 Å². The van der Waals surface area contributed by atoms with Crippen LogP contribution in [0.5, 0.6) is 0 Å². The molecule has 4 nitrogen and oxygen atoms in total. The Labute approximate surface area is 95.7 Å². The van der Waals surface area contributed by atoms with Crippen LogP contribution in [0.3, 0.4) is 0 Å². The minimum atomic E-state index is -0.731. The lowest BCUT2D eigenvalue weighted by molar-refractivity contribution is 0.204. The van der Waals surface area contributed by atoms with Crippen molar-refractivity contribution in [3.63, 3.8) is 0 Å². The van der Waals surface area contributed by atoms with Crippen molar-refractivity contribution in [3.05, 3.63) is 46.5 Å². The Hall–Kier alpha value is -1.20. The first-order valence-electron chi connectivity index (χ1n) is 4.46. The molecule has 0 fully saturated rings. The molecule has 2 rings (SSSR count). The predicted octanol–water partition coefficient (Wildman–Crippen LogP) is 1.66. The number of nitrogens with zero attached hydrogens (tertiary/aromatic N) is 3. The molecule has 15 heavy (non-hydrogen) atoms. The topological polar surface area (TPSA) is 50.9 Å². The molecule has 0 radical (unpaired) electrons. The zero-order valence-electron chi connectivity index (χ0n) is 8.13. The van der Waals surface area contributed by atoms with Crippen LogP contribution in [-0.4, -0.2) is 19.9 Å². The fourth-order valence-corrected chi connectivity index (χ4v) is 1.61. The summed E-state index contributed by atoms with van der Waals surface area (Å²) in [5.74, 6) is 0.539. The largest absolute Gasteiger partial charge is 0.380 e. The molecule has 1 aromatic carbocycles. The zero-order chi connectivity index (χ0) is 10.8. The summed E-state index contributed by atoms with van der Waals surface area (Å²) in [5.41, 5.74) is 0.800. The molecule has 0 spiro atoms. The highest BCUT2D eigenvalue weighted by Gasteiger charge is 2.14. The minimum absolute atomic E-state index is 0.539. The third-order valence-corrected chi connectivity index (χ3v) is 2.71. The Morgan fingerprint density at radius 3 is 2.53 bits per heavy atom. The van der Waals surface area contributed by atoms with Crippen LogP contribution >= 0.6 is 15.9 Å². The molecule has 1 N–H and O–H groups in total. The Kier molecular flexibility index (Phi) is 2.83. The van der Waals surface area contributed by atoms with Crippen molar-refractivity contribution in [3.8, 4) is 0 Å². The third-order valence-electron chi connectivity index (χ3n) is 2.18. The normalized spacial score (nSPS) is 12.7. The lowest BCUT2D eigenvalue weighted by Gasteiger charge is -2.09. The Balaban J connectivity index is 2.32. The smallest absolute Gasteiger partial charge is 0.160 e. The van der Waals surface area contributed by atoms with Gasteiger partial charge >= 0.3 is 0 Å². The van der Waals surface area contributed by atoms with Gasteiger partial charge < -0.3 is 5.11 Å². The predicted molar refractivity (Wildman–Crippen MR) is 59.2 cm³/mol. The first-order valence-corrected chi connectivity index (χ1v) is 5.25. The van der Waals surface area contributed by atoms with Gasteiger partial charge in [-0.1, -0.05) is 28.1 Å². The maximum absolute atomic E-state index is 10.0. The SMILES string of the molecule is Cn1ncnc1C(O)c1ccc(Br)cc1. The Morgan fingerprint density at radius 2 is 2.00 bits per heavy atom. The van der Waals surface area contributed by atoms with Crippen LogP contribution in [0, 0.1) is 0 Å². The number of rotatable bonds is 2. The van der Waals surface area contributed by atoms with Crippen molar-refractivity contribution in [2.75, 3.05) is 0 Å². The molecule has 0 bridgehead atoms. The Morgan fingerprint density at radius 1 is 1.33 bits per heavy atom. The molecule has 78 valence electrons. The number of hydrogen-bond donors (Lipinski definition) is 1. The molecule has 1 heterocycles. The lowest BCUT2D eigenvalue weighted by atomic mass is 10.1. The van der Waals surface area contributed by atoms with Gasteiger partial charge in [0.2, 0.25) is 0 Å². The molecule has 1 aromatic heterocycles. The standard InChI is InChI=1S/C10H10BrN3O/c1-14-10(12-6-13-14)9(15)7-2-4-8(11)5-3-7/h2-6,9,15H,1H3. The van der Waals surface area contributed by atoms with E-state index in [1.807, 2.05) is 24.3 Å². The molecule has 0 aliphatic carbocycles. The van der Waals surface area contributed by atoms with Gasteiger partial charge in [0.25, 0.3) is 0 Å². The average molecular weight is 268 g/mol. The molecule has 5 heteroatoms. The second-order valence-corrected chi connectivity index (χ2v) is 4.11. The van der Waals surface area contributed by atoms with Crippen molar-refractivity contribution in [1.29, 1.82) is 0 Å². The molecule has 0 aliphatic heterocycles. The van der Waals surface area contributed by atoms with Crippen LogP contribution in [0.2, 0.25) is 0 Å². The third kappa shape index (κ3) is 2.08. The number of aliphatic hydroxyl groups is 1. The number of aliphatic hydroxyl groups excluding tert-OH is 1. The molecule has 0 saturated carbocycles. The summed E-state index contributed by atoms with van der Waals surface area (Å²) in [6.45, 7) is 0. The summed E-state index contributed by atoms with van der Waals surface area (Å²) in [6, 6.07) is 7.47. The minimum Gasteiger partial charge on any atom is -0.380 e. The van der Waals surface area contributed by atoms with E-state index in [1.54, 1.807) is 11.7 Å². The number of aromatic nitrogens is 3. The van der Waals surface area contributed by atoms with Gasteiger partial charge in [-0.25, -0.2) is 4.98 Å². The van der Waals surface area contributed by atoms with E-state index >= 15 is 0 Å². The van der Waals surface area contributed by atoms with Crippen LogP contribution in [0.1, 0.15) is 17.5 Å². The molecule has 2 aromatic rings. The van der Waals surface area contributed by atoms with E-state index in [-0.39, 0.29) is 0 Å². The van der Waals surface area contributed by atoms with E-state index in [2.05, 4.69) is 26.0 Å². The highest BCUT2D eigenvalue weighted by molar-refractivity contribution is 9.10. The van der Waals surface area contributed by atoms with Gasteiger partial charge in [0.1, 0.15) is 12.4 Å². The zero-order valence-corrected chi connectivity index (χ0v) is 9.72. The van der Waals surface area contributed by atoms with Crippen LogP contribution in [0.25, 0.3) is 0 Å². The van der Waals surface area contributed by atoms with E-state index in [0.29, 0.717) is 5.82 Å². The van der Waals surface area contributed by atoms with E-state index in [4.69, 9.17) is 0 Å². The number of hydrogen-bond acceptors (Lipinski definition) is 3. The molecular formula is C10H10BrN3O. The second kappa shape index (κ2) is 4.12. The highest BCUT2D eigenvalue weighted by Crippen LogP contribution is 2.21. The molecule has 0 saturated heterocycles. The van der Waals surface area contributed by atoms with Crippen molar-refractivity contribution in [2.24, 2.45) is 7.05 Å². The van der Waals surface area contributed by atoms with Gasteiger partial charge in [0.05, 0.1) is 0 Å². The molecular weight excluding hydrogens is 258 g/mol. The molecule has 0 amide bonds. The van der Waals surface area contributed by atoms with E-state index in [9.17, 15) is 5.11 Å². The summed E-state index contributed by atoms with van der Waals surface area (Å²) < 4.78 is 2.55. The van der Waals surface area contributed by atoms with Gasteiger partial charge in [0.15, 0.2) is 5.82 Å². The van der Waals surface area contributed by atoms with Crippen molar-refractivity contribution >= 4 is 15.9 Å². The van der Waals surface area contributed by atoms with Gasteiger partial charge in [-0.3, -0.25) is 4.68 Å². The number of benzene rings is 1. The molecule has 1 unspecified atom stereocenters. The number of aryl methyl sites for hydroxylation is 1. The van der Waals surface area contributed by atoms with Crippen LogP contribution in [0.15, 0.2) is 35.1 Å². The average Bonchev–Trinajstić information content (AvgIpc) is 2.65. The van der Waals surface area contributed by atoms with Gasteiger partial charge in [-0.15, -0.1) is 0 Å². The van der Waals surface area contributed by atoms with Crippen molar-refractivity contribution in [1.82, 2.24) is 14.8 Å². The van der Waals surface area contributed by atoms with Gasteiger partial charge in [0, 0.05) is 11.5 Å². The van der Waals surface area contributed by atoms with E-state index < -0.39 is 6.10 Å². The van der Waals surface area contributed by atoms with Crippen molar-refractivity contribution in [2.45, 2.75) is 6.10 Å². The summed E-state index contributed by atoms with van der Waals surface area (Å²) in [5, 5.41) is 13.9. The maximum Gasteiger partial charge on any atom is 0.160 e. The van der Waals surface area contributed by atoms with Crippen molar-refractivity contribution < 1.29 is 5.11 Å². The molecule has 0 aliphatic rings. The Bertz CT molecular complexity index is 452. The quantitative estimate of drug-likeness (QED) is 0.901. The summed E-state index contributed by atoms with van der Waals surface area (Å²) >= 11 is 3.34. The number of halogens is 1. The summed E-state index contributed by atoms with van der Waals surface area (Å²) in [7, 11) is 1.75. The monoisotopic (exact) mass is 267 g/mol.